The van der Waals surface area contributed by atoms with Gasteiger partial charge in [0.2, 0.25) is 5.91 Å². The van der Waals surface area contributed by atoms with Crippen molar-refractivity contribution in [1.29, 1.82) is 0 Å². The molecule has 1 aliphatic heterocycles. The molecule has 0 unspecified atom stereocenters. The Balaban J connectivity index is 1.84. The van der Waals surface area contributed by atoms with E-state index in [1.807, 2.05) is 30.9 Å². The molecule has 1 aliphatic rings. The summed E-state index contributed by atoms with van der Waals surface area (Å²) in [6, 6.07) is 5.93. The van der Waals surface area contributed by atoms with Crippen LogP contribution in [-0.2, 0) is 11.2 Å². The molecule has 1 heterocycles. The van der Waals surface area contributed by atoms with E-state index in [4.69, 9.17) is 9.47 Å². The molecule has 0 saturated carbocycles. The summed E-state index contributed by atoms with van der Waals surface area (Å²) in [6.45, 7) is 6.67. The van der Waals surface area contributed by atoms with Gasteiger partial charge in [0.1, 0.15) is 11.5 Å². The summed E-state index contributed by atoms with van der Waals surface area (Å²) in [7, 11) is 0. The molecule has 0 aromatic heterocycles. The number of aryl methyl sites for hydroxylation is 1. The molecular formula is C16H23NO3. The molecule has 110 valence electrons. The van der Waals surface area contributed by atoms with Gasteiger partial charge in [-0.3, -0.25) is 4.79 Å². The summed E-state index contributed by atoms with van der Waals surface area (Å²) in [5.41, 5.74) is 1.24. The number of nitrogens with zero attached hydrogens (tertiary/aromatic N) is 1. The van der Waals surface area contributed by atoms with Gasteiger partial charge in [-0.25, -0.2) is 0 Å². The summed E-state index contributed by atoms with van der Waals surface area (Å²) < 4.78 is 11.3. The standard InChI is InChI=1S/C16H23NO3/c1-3-17(4-2)16(18)9-11-19-14-8-7-13-6-5-10-20-15(13)12-14/h7-8,12H,3-6,9-11H2,1-2H3. The number of carbonyl (C=O) groups is 1. The van der Waals surface area contributed by atoms with Gasteiger partial charge in [0, 0.05) is 19.2 Å². The van der Waals surface area contributed by atoms with Crippen LogP contribution in [0.4, 0.5) is 0 Å². The Kier molecular flexibility index (Phi) is 5.27. The van der Waals surface area contributed by atoms with Gasteiger partial charge < -0.3 is 14.4 Å². The van der Waals surface area contributed by atoms with E-state index in [9.17, 15) is 4.79 Å². The fourth-order valence-electron chi connectivity index (χ4n) is 2.40. The molecule has 1 aromatic carbocycles. The lowest BCUT2D eigenvalue weighted by molar-refractivity contribution is -0.131. The van der Waals surface area contributed by atoms with Crippen LogP contribution in [0.3, 0.4) is 0 Å². The van der Waals surface area contributed by atoms with Gasteiger partial charge in [-0.2, -0.15) is 0 Å². The molecule has 20 heavy (non-hydrogen) atoms. The van der Waals surface area contributed by atoms with Crippen LogP contribution in [0, 0.1) is 0 Å². The van der Waals surface area contributed by atoms with E-state index in [0.29, 0.717) is 13.0 Å². The summed E-state index contributed by atoms with van der Waals surface area (Å²) >= 11 is 0. The first-order valence-corrected chi connectivity index (χ1v) is 7.41. The number of rotatable bonds is 6. The zero-order valence-electron chi connectivity index (χ0n) is 12.4. The third-order valence-corrected chi connectivity index (χ3v) is 3.59. The maximum absolute atomic E-state index is 11.8. The van der Waals surface area contributed by atoms with Crippen molar-refractivity contribution >= 4 is 5.91 Å². The van der Waals surface area contributed by atoms with Gasteiger partial charge in [-0.05, 0) is 38.3 Å². The monoisotopic (exact) mass is 277 g/mol. The first kappa shape index (κ1) is 14.7. The minimum Gasteiger partial charge on any atom is -0.493 e. The molecule has 0 spiro atoms. The number of fused-ring (bicyclic) bond motifs is 1. The van der Waals surface area contributed by atoms with E-state index >= 15 is 0 Å². The fourth-order valence-corrected chi connectivity index (χ4v) is 2.40. The van der Waals surface area contributed by atoms with E-state index in [-0.39, 0.29) is 5.91 Å². The maximum atomic E-state index is 11.8. The third-order valence-electron chi connectivity index (χ3n) is 3.59. The number of hydrogen-bond acceptors (Lipinski definition) is 3. The zero-order chi connectivity index (χ0) is 14.4. The first-order chi connectivity index (χ1) is 9.74. The molecule has 4 nitrogen and oxygen atoms in total. The molecule has 0 radical (unpaired) electrons. The molecule has 0 N–H and O–H groups in total. The highest BCUT2D eigenvalue weighted by Gasteiger charge is 2.12. The van der Waals surface area contributed by atoms with E-state index in [2.05, 4.69) is 6.07 Å². The van der Waals surface area contributed by atoms with Crippen LogP contribution in [0.15, 0.2) is 18.2 Å². The van der Waals surface area contributed by atoms with Crippen molar-refractivity contribution in [3.63, 3.8) is 0 Å². The molecule has 1 amide bonds. The predicted octanol–water partition coefficient (Wildman–Crippen LogP) is 2.65. The Morgan fingerprint density at radius 1 is 1.35 bits per heavy atom. The minimum atomic E-state index is 0.143. The van der Waals surface area contributed by atoms with Crippen molar-refractivity contribution in [3.05, 3.63) is 23.8 Å². The van der Waals surface area contributed by atoms with Gasteiger partial charge in [0.05, 0.1) is 19.6 Å². The molecule has 0 atom stereocenters. The van der Waals surface area contributed by atoms with Crippen molar-refractivity contribution in [2.24, 2.45) is 0 Å². The normalized spacial score (nSPS) is 13.3. The van der Waals surface area contributed by atoms with Crippen LogP contribution in [0.2, 0.25) is 0 Å². The van der Waals surface area contributed by atoms with Crippen molar-refractivity contribution < 1.29 is 14.3 Å². The summed E-state index contributed by atoms with van der Waals surface area (Å²) in [4.78, 5) is 13.7. The molecule has 1 aromatic rings. The van der Waals surface area contributed by atoms with Crippen LogP contribution >= 0.6 is 0 Å². The topological polar surface area (TPSA) is 38.8 Å². The number of benzene rings is 1. The van der Waals surface area contributed by atoms with E-state index < -0.39 is 0 Å². The second kappa shape index (κ2) is 7.17. The quantitative estimate of drug-likeness (QED) is 0.802. The highest BCUT2D eigenvalue weighted by molar-refractivity contribution is 5.76. The fraction of sp³-hybridized carbons (Fsp3) is 0.562. The SMILES string of the molecule is CCN(CC)C(=O)CCOc1ccc2c(c1)OCCC2. The van der Waals surface area contributed by atoms with E-state index in [1.54, 1.807) is 0 Å². The van der Waals surface area contributed by atoms with Crippen LogP contribution in [0.5, 0.6) is 11.5 Å². The van der Waals surface area contributed by atoms with E-state index in [1.165, 1.54) is 5.56 Å². The molecular weight excluding hydrogens is 254 g/mol. The molecule has 0 saturated heterocycles. The highest BCUT2D eigenvalue weighted by atomic mass is 16.5. The van der Waals surface area contributed by atoms with Crippen molar-refractivity contribution in [2.45, 2.75) is 33.1 Å². The number of amides is 1. The lowest BCUT2D eigenvalue weighted by atomic mass is 10.1. The smallest absolute Gasteiger partial charge is 0.225 e. The summed E-state index contributed by atoms with van der Waals surface area (Å²) in [6.07, 6.45) is 2.56. The second-order valence-corrected chi connectivity index (χ2v) is 4.89. The number of hydrogen-bond donors (Lipinski definition) is 0. The minimum absolute atomic E-state index is 0.143. The van der Waals surface area contributed by atoms with Gasteiger partial charge in [-0.15, -0.1) is 0 Å². The molecule has 0 fully saturated rings. The highest BCUT2D eigenvalue weighted by Crippen LogP contribution is 2.29. The molecule has 0 bridgehead atoms. The Morgan fingerprint density at radius 2 is 2.15 bits per heavy atom. The Hall–Kier alpha value is -1.71. The first-order valence-electron chi connectivity index (χ1n) is 7.41. The van der Waals surface area contributed by atoms with Gasteiger partial charge in [-0.1, -0.05) is 6.07 Å². The van der Waals surface area contributed by atoms with Crippen molar-refractivity contribution in [2.75, 3.05) is 26.3 Å². The average Bonchev–Trinajstić information content (AvgIpc) is 2.48. The zero-order valence-corrected chi connectivity index (χ0v) is 12.4. The number of ether oxygens (including phenoxy) is 2. The number of carbonyl (C=O) groups excluding carboxylic acids is 1. The average molecular weight is 277 g/mol. The van der Waals surface area contributed by atoms with Crippen molar-refractivity contribution in [1.82, 2.24) is 4.90 Å². The van der Waals surface area contributed by atoms with Crippen molar-refractivity contribution in [3.8, 4) is 11.5 Å². The van der Waals surface area contributed by atoms with Crippen LogP contribution in [0.1, 0.15) is 32.3 Å². The predicted molar refractivity (Wildman–Crippen MR) is 78.3 cm³/mol. The molecule has 0 aliphatic carbocycles. The Bertz CT molecular complexity index is 455. The Labute approximate surface area is 120 Å². The van der Waals surface area contributed by atoms with Gasteiger partial charge in [0.15, 0.2) is 0 Å². The summed E-state index contributed by atoms with van der Waals surface area (Å²) in [5, 5.41) is 0. The molecule has 2 rings (SSSR count). The maximum Gasteiger partial charge on any atom is 0.225 e. The third kappa shape index (κ3) is 3.65. The largest absolute Gasteiger partial charge is 0.493 e. The second-order valence-electron chi connectivity index (χ2n) is 4.89. The lowest BCUT2D eigenvalue weighted by Crippen LogP contribution is -2.31. The Morgan fingerprint density at radius 3 is 2.90 bits per heavy atom. The van der Waals surface area contributed by atoms with Crippen LogP contribution < -0.4 is 9.47 Å². The van der Waals surface area contributed by atoms with Gasteiger partial charge in [0.25, 0.3) is 0 Å². The molecule has 4 heteroatoms. The van der Waals surface area contributed by atoms with Crippen LogP contribution in [0.25, 0.3) is 0 Å². The van der Waals surface area contributed by atoms with Crippen LogP contribution in [-0.4, -0.2) is 37.1 Å². The summed E-state index contributed by atoms with van der Waals surface area (Å²) in [5.74, 6) is 1.84. The lowest BCUT2D eigenvalue weighted by Gasteiger charge is -2.19. The van der Waals surface area contributed by atoms with E-state index in [0.717, 1.165) is 44.0 Å². The van der Waals surface area contributed by atoms with Gasteiger partial charge >= 0.3 is 0 Å².